The van der Waals surface area contributed by atoms with Crippen LogP contribution >= 0.6 is 30.1 Å². The first-order valence-electron chi connectivity index (χ1n) is 12.0. The Morgan fingerprint density at radius 3 is 2.58 bits per heavy atom. The molecule has 1 aromatic heterocycles. The average molecular weight is 672 g/mol. The lowest BCUT2D eigenvalue weighted by molar-refractivity contribution is 0.0257. The van der Waals surface area contributed by atoms with E-state index >= 15 is 0 Å². The van der Waals surface area contributed by atoms with Gasteiger partial charge in [0.25, 0.3) is 5.92 Å². The van der Waals surface area contributed by atoms with Crippen molar-refractivity contribution in [3.63, 3.8) is 0 Å². The Bertz CT molecular complexity index is 1570. The van der Waals surface area contributed by atoms with Gasteiger partial charge in [-0.3, -0.25) is 0 Å². The van der Waals surface area contributed by atoms with E-state index in [0.29, 0.717) is 27.8 Å². The first-order valence-corrected chi connectivity index (χ1v) is 17.0. The number of aromatic nitrogens is 1. The highest BCUT2D eigenvalue weighted by molar-refractivity contribution is 14.2. The standard InChI is InChI=1S/C27H28F2IN3O3S2/c1-5-38(31,35)20-7-9-23(32-12-11-27(28,29)17-32)21(16-20)24-15-19-14-18(10-13-37-30)6-8-22(19)33(24)25(34)36-26(2,3)4/h6-9,14-16,31H,5,11-12,17H2,1-4H3. The lowest BCUT2D eigenvalue weighted by atomic mass is 10.1. The molecule has 0 spiro atoms. The highest BCUT2D eigenvalue weighted by atomic mass is 127. The van der Waals surface area contributed by atoms with E-state index in [4.69, 9.17) is 9.52 Å². The van der Waals surface area contributed by atoms with Gasteiger partial charge < -0.3 is 9.64 Å². The van der Waals surface area contributed by atoms with Crippen LogP contribution in [0.5, 0.6) is 0 Å². The van der Waals surface area contributed by atoms with Gasteiger partial charge in [0.1, 0.15) is 5.60 Å². The molecular weight excluding hydrogens is 643 g/mol. The van der Waals surface area contributed by atoms with Gasteiger partial charge in [-0.2, -0.15) is 0 Å². The lowest BCUT2D eigenvalue weighted by Gasteiger charge is -2.24. The SMILES string of the molecule is CCS(=N)(=O)c1ccc(N2CCC(F)(F)C2)c(-c2cc3cc(C#CSI)ccc3n2C(=O)OC(C)(C)C)c1. The van der Waals surface area contributed by atoms with Crippen molar-refractivity contribution >= 4 is 62.6 Å². The molecule has 0 bridgehead atoms. The zero-order valence-corrected chi connectivity index (χ0v) is 25.2. The van der Waals surface area contributed by atoms with Gasteiger partial charge in [-0.05, 0) is 77.4 Å². The summed E-state index contributed by atoms with van der Waals surface area (Å²) in [5.41, 5.74) is 1.85. The van der Waals surface area contributed by atoms with E-state index in [1.54, 1.807) is 69.0 Å². The van der Waals surface area contributed by atoms with Crippen molar-refractivity contribution < 1.29 is 22.5 Å². The van der Waals surface area contributed by atoms with Gasteiger partial charge in [0.15, 0.2) is 0 Å². The number of benzene rings is 2. The van der Waals surface area contributed by atoms with E-state index < -0.39 is 33.9 Å². The molecule has 1 fully saturated rings. The fraction of sp³-hybridized carbons (Fsp3) is 0.370. The predicted molar refractivity (Wildman–Crippen MR) is 159 cm³/mol. The van der Waals surface area contributed by atoms with E-state index in [1.165, 1.54) is 13.5 Å². The quantitative estimate of drug-likeness (QED) is 0.227. The molecule has 11 heteroatoms. The van der Waals surface area contributed by atoms with Crippen molar-refractivity contribution in [1.82, 2.24) is 4.57 Å². The molecule has 6 nitrogen and oxygen atoms in total. The second kappa shape index (κ2) is 10.7. The van der Waals surface area contributed by atoms with Gasteiger partial charge in [0.2, 0.25) is 0 Å². The number of carbonyl (C=O) groups is 1. The fourth-order valence-electron chi connectivity index (χ4n) is 4.38. The minimum atomic E-state index is -3.11. The van der Waals surface area contributed by atoms with Crippen LogP contribution < -0.4 is 4.90 Å². The van der Waals surface area contributed by atoms with Crippen molar-refractivity contribution in [1.29, 1.82) is 4.78 Å². The number of halogens is 3. The normalized spacial score (nSPS) is 16.7. The number of fused-ring (bicyclic) bond motifs is 1. The molecule has 1 saturated heterocycles. The molecule has 38 heavy (non-hydrogen) atoms. The third-order valence-electron chi connectivity index (χ3n) is 6.15. The van der Waals surface area contributed by atoms with Gasteiger partial charge >= 0.3 is 6.09 Å². The Balaban J connectivity index is 2.02. The van der Waals surface area contributed by atoms with Crippen LogP contribution in [0.25, 0.3) is 22.2 Å². The van der Waals surface area contributed by atoms with Crippen LogP contribution in [-0.2, 0) is 14.5 Å². The van der Waals surface area contributed by atoms with Crippen molar-refractivity contribution in [2.75, 3.05) is 23.7 Å². The zero-order chi connectivity index (χ0) is 27.9. The maximum Gasteiger partial charge on any atom is 0.419 e. The van der Waals surface area contributed by atoms with Crippen molar-refractivity contribution in [2.24, 2.45) is 0 Å². The number of alkyl halides is 2. The summed E-state index contributed by atoms with van der Waals surface area (Å²) in [5, 5.41) is 3.65. The van der Waals surface area contributed by atoms with E-state index in [1.807, 2.05) is 6.07 Å². The highest BCUT2D eigenvalue weighted by Gasteiger charge is 2.39. The number of ether oxygens (including phenoxy) is 1. The minimum absolute atomic E-state index is 0.0967. The van der Waals surface area contributed by atoms with Gasteiger partial charge in [0, 0.05) is 67.0 Å². The number of nitrogens with one attached hydrogen (secondary N) is 1. The van der Waals surface area contributed by atoms with Crippen LogP contribution in [0.2, 0.25) is 0 Å². The van der Waals surface area contributed by atoms with E-state index in [-0.39, 0.29) is 23.6 Å². The summed E-state index contributed by atoms with van der Waals surface area (Å²) < 4.78 is 57.0. The second-order valence-electron chi connectivity index (χ2n) is 10.1. The minimum Gasteiger partial charge on any atom is -0.443 e. The summed E-state index contributed by atoms with van der Waals surface area (Å²) in [4.78, 5) is 15.4. The van der Waals surface area contributed by atoms with Crippen LogP contribution in [0.15, 0.2) is 47.4 Å². The molecule has 2 aromatic carbocycles. The number of hydrogen-bond acceptors (Lipinski definition) is 6. The maximum absolute atomic E-state index is 14.2. The second-order valence-corrected chi connectivity index (χ2v) is 14.2. The van der Waals surface area contributed by atoms with Crippen molar-refractivity contribution in [2.45, 2.75) is 50.5 Å². The topological polar surface area (TPSA) is 75.4 Å². The summed E-state index contributed by atoms with van der Waals surface area (Å²) in [6.45, 7) is 6.62. The first kappa shape index (κ1) is 28.7. The summed E-state index contributed by atoms with van der Waals surface area (Å²) in [7, 11) is -1.76. The Morgan fingerprint density at radius 2 is 1.97 bits per heavy atom. The molecule has 0 saturated carbocycles. The van der Waals surface area contributed by atoms with Crippen LogP contribution in [0.1, 0.15) is 39.7 Å². The Labute approximate surface area is 238 Å². The van der Waals surface area contributed by atoms with Crippen LogP contribution in [0.3, 0.4) is 0 Å². The third kappa shape index (κ3) is 6.13. The van der Waals surface area contributed by atoms with Crippen LogP contribution in [0.4, 0.5) is 19.3 Å². The Kier molecular flexibility index (Phi) is 8.08. The van der Waals surface area contributed by atoms with Crippen molar-refractivity contribution in [3.05, 3.63) is 48.0 Å². The van der Waals surface area contributed by atoms with Gasteiger partial charge in [-0.15, -0.1) is 0 Å². The number of carbonyl (C=O) groups excluding carboxylic acids is 1. The van der Waals surface area contributed by atoms with E-state index in [9.17, 15) is 17.8 Å². The largest absolute Gasteiger partial charge is 0.443 e. The smallest absolute Gasteiger partial charge is 0.419 e. The third-order valence-corrected chi connectivity index (χ3v) is 8.82. The summed E-state index contributed by atoms with van der Waals surface area (Å²) in [6.07, 6.45) is -0.918. The molecular formula is C27H28F2IN3O3S2. The molecule has 0 amide bonds. The van der Waals surface area contributed by atoms with Crippen LogP contribution in [0, 0.1) is 16.0 Å². The molecule has 4 rings (SSSR count). The highest BCUT2D eigenvalue weighted by Crippen LogP contribution is 2.40. The predicted octanol–water partition coefficient (Wildman–Crippen LogP) is 7.75. The summed E-state index contributed by atoms with van der Waals surface area (Å²) in [5.74, 6) is 0.304. The molecule has 1 atom stereocenters. The molecule has 1 aliphatic rings. The number of nitrogens with zero attached hydrogens (tertiary/aromatic N) is 2. The molecule has 1 N–H and O–H groups in total. The molecule has 0 radical (unpaired) electrons. The maximum atomic E-state index is 14.2. The average Bonchev–Trinajstić information content (AvgIpc) is 3.40. The summed E-state index contributed by atoms with van der Waals surface area (Å²) in [6, 6.07) is 12.0. The number of hydrogen-bond donors (Lipinski definition) is 1. The van der Waals surface area contributed by atoms with E-state index in [2.05, 4.69) is 32.4 Å². The Morgan fingerprint density at radius 1 is 1.24 bits per heavy atom. The molecule has 1 unspecified atom stereocenters. The number of anilines is 1. The molecule has 3 aromatic rings. The zero-order valence-electron chi connectivity index (χ0n) is 21.4. The fourth-order valence-corrected chi connectivity index (χ4v) is 5.80. The van der Waals surface area contributed by atoms with Crippen LogP contribution in [-0.4, -0.2) is 45.2 Å². The molecule has 202 valence electrons. The lowest BCUT2D eigenvalue weighted by Crippen LogP contribution is -2.28. The molecule has 0 aliphatic carbocycles. The summed E-state index contributed by atoms with van der Waals surface area (Å²) >= 11 is 2.09. The van der Waals surface area contributed by atoms with Gasteiger partial charge in [-0.1, -0.05) is 12.8 Å². The number of rotatable bonds is 4. The van der Waals surface area contributed by atoms with Gasteiger partial charge in [-0.25, -0.2) is 27.1 Å². The monoisotopic (exact) mass is 671 g/mol. The molecule has 2 heterocycles. The van der Waals surface area contributed by atoms with Crippen molar-refractivity contribution in [3.8, 4) is 22.4 Å². The van der Waals surface area contributed by atoms with E-state index in [0.717, 1.165) is 5.56 Å². The molecule has 1 aliphatic heterocycles. The Hall–Kier alpha value is -2.30. The first-order chi connectivity index (χ1) is 17.7. The van der Waals surface area contributed by atoms with Gasteiger partial charge in [0.05, 0.1) is 27.5 Å².